The maximum atomic E-state index is 12.6. The van der Waals surface area contributed by atoms with Crippen molar-refractivity contribution in [1.82, 2.24) is 20.0 Å². The number of thiophene rings is 1. The van der Waals surface area contributed by atoms with Crippen molar-refractivity contribution in [2.45, 2.75) is 26.8 Å². The molecule has 1 fully saturated rings. The zero-order chi connectivity index (χ0) is 19.1. The number of piperazine rings is 1. The maximum absolute atomic E-state index is 12.6. The molecule has 1 atom stereocenters. The minimum absolute atomic E-state index is 0.0791. The molecule has 144 valence electrons. The first-order valence-electron chi connectivity index (χ1n) is 9.09. The molecule has 1 aliphatic heterocycles. The lowest BCUT2D eigenvalue weighted by atomic mass is 10.2. The van der Waals surface area contributed by atoms with E-state index in [0.29, 0.717) is 37.6 Å². The average molecular weight is 381 g/mol. The van der Waals surface area contributed by atoms with Crippen LogP contribution in [0.4, 0.5) is 0 Å². The lowest BCUT2D eigenvalue weighted by molar-refractivity contribution is -0.136. The topological polar surface area (TPSA) is 73.0 Å². The molecule has 1 aromatic rings. The van der Waals surface area contributed by atoms with Gasteiger partial charge in [0.15, 0.2) is 0 Å². The summed E-state index contributed by atoms with van der Waals surface area (Å²) in [5.74, 6) is -0.166. The van der Waals surface area contributed by atoms with Crippen molar-refractivity contribution in [3.8, 4) is 0 Å². The Labute approximate surface area is 158 Å². The number of nitrogens with zero attached hydrogens (tertiary/aromatic N) is 3. The summed E-state index contributed by atoms with van der Waals surface area (Å²) >= 11 is 1.35. The number of hydrogen-bond acceptors (Lipinski definition) is 5. The van der Waals surface area contributed by atoms with Gasteiger partial charge < -0.3 is 15.1 Å². The first-order valence-corrected chi connectivity index (χ1v) is 9.97. The molecule has 2 heterocycles. The van der Waals surface area contributed by atoms with E-state index in [1.807, 2.05) is 30.2 Å². The number of hydrogen-bond donors (Lipinski definition) is 1. The SMILES string of the molecule is CCN(CC)C(=O)CN1CCN(C(=O)C(C)NC(=O)c2cccs2)CC1. The molecule has 8 heteroatoms. The third kappa shape index (κ3) is 5.28. The Balaban J connectivity index is 1.78. The summed E-state index contributed by atoms with van der Waals surface area (Å²) in [6.07, 6.45) is 0. The minimum Gasteiger partial charge on any atom is -0.342 e. The quantitative estimate of drug-likeness (QED) is 0.762. The highest BCUT2D eigenvalue weighted by Gasteiger charge is 2.27. The van der Waals surface area contributed by atoms with Crippen LogP contribution in [0.5, 0.6) is 0 Å². The number of carbonyl (C=O) groups excluding carboxylic acids is 3. The highest BCUT2D eigenvalue weighted by Crippen LogP contribution is 2.09. The molecule has 1 aliphatic rings. The standard InChI is InChI=1S/C18H28N4O3S/c1-4-21(5-2)16(23)13-20-8-10-22(11-9-20)18(25)14(3)19-17(24)15-7-6-12-26-15/h6-7,12,14H,4-5,8-11,13H2,1-3H3,(H,19,24). The number of nitrogens with one attached hydrogen (secondary N) is 1. The van der Waals surface area contributed by atoms with Gasteiger partial charge in [-0.05, 0) is 32.2 Å². The van der Waals surface area contributed by atoms with E-state index in [4.69, 9.17) is 0 Å². The lowest BCUT2D eigenvalue weighted by Gasteiger charge is -2.36. The lowest BCUT2D eigenvalue weighted by Crippen LogP contribution is -2.55. The van der Waals surface area contributed by atoms with E-state index in [1.165, 1.54) is 11.3 Å². The van der Waals surface area contributed by atoms with Crippen molar-refractivity contribution in [3.05, 3.63) is 22.4 Å². The Morgan fingerprint density at radius 3 is 2.38 bits per heavy atom. The smallest absolute Gasteiger partial charge is 0.261 e. The van der Waals surface area contributed by atoms with Gasteiger partial charge in [-0.3, -0.25) is 19.3 Å². The summed E-state index contributed by atoms with van der Waals surface area (Å²) in [6.45, 7) is 9.98. The van der Waals surface area contributed by atoms with Crippen LogP contribution in [-0.2, 0) is 9.59 Å². The normalized spacial score (nSPS) is 16.2. The van der Waals surface area contributed by atoms with Gasteiger partial charge in [0, 0.05) is 39.3 Å². The van der Waals surface area contributed by atoms with Gasteiger partial charge in [-0.15, -0.1) is 11.3 Å². The monoisotopic (exact) mass is 380 g/mol. The Morgan fingerprint density at radius 2 is 1.85 bits per heavy atom. The highest BCUT2D eigenvalue weighted by atomic mass is 32.1. The van der Waals surface area contributed by atoms with E-state index < -0.39 is 6.04 Å². The van der Waals surface area contributed by atoms with Crippen molar-refractivity contribution >= 4 is 29.1 Å². The van der Waals surface area contributed by atoms with E-state index >= 15 is 0 Å². The van der Waals surface area contributed by atoms with Gasteiger partial charge in [0.1, 0.15) is 6.04 Å². The van der Waals surface area contributed by atoms with Gasteiger partial charge in [-0.1, -0.05) is 6.07 Å². The third-order valence-corrected chi connectivity index (χ3v) is 5.49. The minimum atomic E-state index is -0.562. The van der Waals surface area contributed by atoms with E-state index in [-0.39, 0.29) is 17.7 Å². The van der Waals surface area contributed by atoms with Gasteiger partial charge in [0.05, 0.1) is 11.4 Å². The molecular weight excluding hydrogens is 352 g/mol. The molecule has 26 heavy (non-hydrogen) atoms. The van der Waals surface area contributed by atoms with Crippen molar-refractivity contribution < 1.29 is 14.4 Å². The van der Waals surface area contributed by atoms with Crippen LogP contribution in [0, 0.1) is 0 Å². The summed E-state index contributed by atoms with van der Waals surface area (Å²) < 4.78 is 0. The Morgan fingerprint density at radius 1 is 1.19 bits per heavy atom. The fourth-order valence-electron chi connectivity index (χ4n) is 3.01. The third-order valence-electron chi connectivity index (χ3n) is 4.62. The number of amides is 3. The average Bonchev–Trinajstić information content (AvgIpc) is 3.17. The van der Waals surface area contributed by atoms with Crippen LogP contribution in [-0.4, -0.2) is 84.3 Å². The summed E-state index contributed by atoms with van der Waals surface area (Å²) in [5.41, 5.74) is 0. The number of likely N-dealkylation sites (N-methyl/N-ethyl adjacent to an activating group) is 1. The Kier molecular flexibility index (Phi) is 7.59. The fourth-order valence-corrected chi connectivity index (χ4v) is 3.63. The zero-order valence-electron chi connectivity index (χ0n) is 15.7. The van der Waals surface area contributed by atoms with Crippen molar-refractivity contribution in [1.29, 1.82) is 0 Å². The molecule has 1 unspecified atom stereocenters. The molecule has 0 saturated carbocycles. The van der Waals surface area contributed by atoms with Crippen molar-refractivity contribution in [2.24, 2.45) is 0 Å². The molecule has 1 aromatic heterocycles. The maximum Gasteiger partial charge on any atom is 0.261 e. The molecule has 1 saturated heterocycles. The molecule has 3 amide bonds. The first-order chi connectivity index (χ1) is 12.5. The summed E-state index contributed by atoms with van der Waals surface area (Å²) in [7, 11) is 0. The zero-order valence-corrected chi connectivity index (χ0v) is 16.6. The second-order valence-corrected chi connectivity index (χ2v) is 7.29. The Bertz CT molecular complexity index is 608. The first kappa shape index (κ1) is 20.4. The molecule has 0 aliphatic carbocycles. The highest BCUT2D eigenvalue weighted by molar-refractivity contribution is 7.12. The predicted octanol–water partition coefficient (Wildman–Crippen LogP) is 0.879. The van der Waals surface area contributed by atoms with Crippen LogP contribution in [0.3, 0.4) is 0 Å². The van der Waals surface area contributed by atoms with E-state index in [0.717, 1.165) is 13.1 Å². The van der Waals surface area contributed by atoms with Crippen LogP contribution in [0.15, 0.2) is 17.5 Å². The number of rotatable bonds is 7. The van der Waals surface area contributed by atoms with Crippen LogP contribution >= 0.6 is 11.3 Å². The van der Waals surface area contributed by atoms with Crippen LogP contribution < -0.4 is 5.32 Å². The Hall–Kier alpha value is -1.93. The van der Waals surface area contributed by atoms with E-state index in [1.54, 1.807) is 17.9 Å². The van der Waals surface area contributed by atoms with Crippen LogP contribution in [0.1, 0.15) is 30.4 Å². The van der Waals surface area contributed by atoms with E-state index in [9.17, 15) is 14.4 Å². The predicted molar refractivity (Wildman–Crippen MR) is 102 cm³/mol. The summed E-state index contributed by atoms with van der Waals surface area (Å²) in [5, 5.41) is 4.59. The molecular formula is C18H28N4O3S. The molecule has 0 aromatic carbocycles. The molecule has 2 rings (SSSR count). The second kappa shape index (κ2) is 9.68. The van der Waals surface area contributed by atoms with Crippen LogP contribution in [0.25, 0.3) is 0 Å². The number of carbonyl (C=O) groups is 3. The molecule has 1 N–H and O–H groups in total. The van der Waals surface area contributed by atoms with Gasteiger partial charge in [-0.2, -0.15) is 0 Å². The van der Waals surface area contributed by atoms with Crippen LogP contribution in [0.2, 0.25) is 0 Å². The molecule has 0 bridgehead atoms. The van der Waals surface area contributed by atoms with Gasteiger partial charge in [-0.25, -0.2) is 0 Å². The summed E-state index contributed by atoms with van der Waals surface area (Å²) in [6, 6.07) is 2.99. The molecule has 0 spiro atoms. The second-order valence-electron chi connectivity index (χ2n) is 6.34. The van der Waals surface area contributed by atoms with Gasteiger partial charge in [0.25, 0.3) is 5.91 Å². The summed E-state index contributed by atoms with van der Waals surface area (Å²) in [4.78, 5) is 43.1. The molecule has 0 radical (unpaired) electrons. The van der Waals surface area contributed by atoms with Gasteiger partial charge >= 0.3 is 0 Å². The van der Waals surface area contributed by atoms with E-state index in [2.05, 4.69) is 10.2 Å². The van der Waals surface area contributed by atoms with Crippen molar-refractivity contribution in [2.75, 3.05) is 45.8 Å². The van der Waals surface area contributed by atoms with Gasteiger partial charge in [0.2, 0.25) is 11.8 Å². The largest absolute Gasteiger partial charge is 0.342 e. The van der Waals surface area contributed by atoms with Crippen molar-refractivity contribution in [3.63, 3.8) is 0 Å². The molecule has 7 nitrogen and oxygen atoms in total. The fraction of sp³-hybridized carbons (Fsp3) is 0.611.